The van der Waals surface area contributed by atoms with Crippen LogP contribution in [0.1, 0.15) is 25.7 Å². The second-order valence-corrected chi connectivity index (χ2v) is 3.18. The van der Waals surface area contributed by atoms with Crippen LogP contribution in [-0.4, -0.2) is 5.78 Å². The van der Waals surface area contributed by atoms with E-state index in [0.717, 1.165) is 12.8 Å². The zero-order chi connectivity index (χ0) is 8.32. The molecule has 1 rings (SSSR count). The van der Waals surface area contributed by atoms with Gasteiger partial charge in [-0.15, -0.1) is 13.2 Å². The molecule has 0 N–H and O–H groups in total. The average Bonchev–Trinajstić information content (AvgIpc) is 2.07. The highest BCUT2D eigenvalue weighted by atomic mass is 16.1. The van der Waals surface area contributed by atoms with E-state index in [-0.39, 0.29) is 5.41 Å². The van der Waals surface area contributed by atoms with Gasteiger partial charge in [-0.3, -0.25) is 4.79 Å². The van der Waals surface area contributed by atoms with Crippen molar-refractivity contribution in [2.24, 2.45) is 5.41 Å². The predicted molar refractivity (Wildman–Crippen MR) is 46.3 cm³/mol. The third kappa shape index (κ3) is 1.59. The molecule has 0 saturated heterocycles. The number of carbonyl (C=O) groups is 1. The molecule has 1 aliphatic carbocycles. The number of allylic oxidation sites excluding steroid dienone is 2. The van der Waals surface area contributed by atoms with Gasteiger partial charge in [-0.2, -0.15) is 0 Å². The third-order valence-electron chi connectivity index (χ3n) is 2.55. The van der Waals surface area contributed by atoms with Gasteiger partial charge in [-0.25, -0.2) is 0 Å². The first-order chi connectivity index (χ1) is 5.22. The molecule has 60 valence electrons. The Kier molecular flexibility index (Phi) is 2.28. The Hall–Kier alpha value is -0.850. The van der Waals surface area contributed by atoms with E-state index in [4.69, 9.17) is 0 Å². The minimum absolute atomic E-state index is 0.0495. The molecule has 0 aromatic heterocycles. The van der Waals surface area contributed by atoms with Crippen LogP contribution in [-0.2, 0) is 4.79 Å². The molecule has 0 heterocycles. The molecule has 0 aliphatic heterocycles. The minimum Gasteiger partial charge on any atom is -0.300 e. The molecular weight excluding hydrogens is 136 g/mol. The predicted octanol–water partition coefficient (Wildman–Crippen LogP) is 2.49. The summed E-state index contributed by atoms with van der Waals surface area (Å²) in [7, 11) is 0. The largest absolute Gasteiger partial charge is 0.300 e. The molecule has 1 fully saturated rings. The van der Waals surface area contributed by atoms with Gasteiger partial charge in [-0.1, -0.05) is 12.2 Å². The summed E-state index contributed by atoms with van der Waals surface area (Å²) in [6.45, 7) is 7.54. The summed E-state index contributed by atoms with van der Waals surface area (Å²) in [5.41, 5.74) is 0.0495. The number of Topliss-reactive ketones (excluding diaryl/α,β-unsaturated/α-hetero) is 1. The van der Waals surface area contributed by atoms with E-state index in [1.54, 1.807) is 0 Å². The smallest absolute Gasteiger partial charge is 0.132 e. The second-order valence-electron chi connectivity index (χ2n) is 3.18. The van der Waals surface area contributed by atoms with E-state index in [1.807, 2.05) is 12.2 Å². The Morgan fingerprint density at radius 2 is 1.64 bits per heavy atom. The molecule has 1 saturated carbocycles. The fourth-order valence-corrected chi connectivity index (χ4v) is 1.49. The van der Waals surface area contributed by atoms with Gasteiger partial charge in [0.1, 0.15) is 5.78 Å². The topological polar surface area (TPSA) is 17.1 Å². The normalized spacial score (nSPS) is 22.7. The van der Waals surface area contributed by atoms with Gasteiger partial charge in [0.2, 0.25) is 0 Å². The van der Waals surface area contributed by atoms with E-state index in [2.05, 4.69) is 13.2 Å². The van der Waals surface area contributed by atoms with Crippen molar-refractivity contribution in [3.63, 3.8) is 0 Å². The second kappa shape index (κ2) is 3.04. The first kappa shape index (κ1) is 8.25. The van der Waals surface area contributed by atoms with Gasteiger partial charge in [0.15, 0.2) is 0 Å². The van der Waals surface area contributed by atoms with Crippen molar-refractivity contribution in [2.45, 2.75) is 25.7 Å². The van der Waals surface area contributed by atoms with Crippen molar-refractivity contribution in [3.05, 3.63) is 25.3 Å². The molecule has 0 bridgehead atoms. The Morgan fingerprint density at radius 3 is 2.00 bits per heavy atom. The lowest BCUT2D eigenvalue weighted by Gasteiger charge is -2.30. The number of hydrogen-bond acceptors (Lipinski definition) is 1. The lowest BCUT2D eigenvalue weighted by Crippen LogP contribution is -2.22. The molecule has 11 heavy (non-hydrogen) atoms. The highest BCUT2D eigenvalue weighted by Gasteiger charge is 2.28. The summed E-state index contributed by atoms with van der Waals surface area (Å²) in [5.74, 6) is 0.379. The maximum Gasteiger partial charge on any atom is 0.132 e. The van der Waals surface area contributed by atoms with Crippen molar-refractivity contribution in [3.8, 4) is 0 Å². The first-order valence-electron chi connectivity index (χ1n) is 4.01. The molecule has 0 spiro atoms. The SMILES string of the molecule is C=CC1(C=C)CCC(=O)CC1. The Labute approximate surface area is 67.8 Å². The number of rotatable bonds is 2. The minimum atomic E-state index is 0.0495. The summed E-state index contributed by atoms with van der Waals surface area (Å²) in [6.07, 6.45) is 7.03. The van der Waals surface area contributed by atoms with E-state index in [0.29, 0.717) is 18.6 Å². The van der Waals surface area contributed by atoms with Crippen molar-refractivity contribution >= 4 is 5.78 Å². The van der Waals surface area contributed by atoms with Gasteiger partial charge in [0.25, 0.3) is 0 Å². The van der Waals surface area contributed by atoms with Gasteiger partial charge in [-0.05, 0) is 12.8 Å². The van der Waals surface area contributed by atoms with E-state index >= 15 is 0 Å². The van der Waals surface area contributed by atoms with Gasteiger partial charge in [0, 0.05) is 18.3 Å². The molecule has 0 radical (unpaired) electrons. The molecule has 0 amide bonds. The highest BCUT2D eigenvalue weighted by molar-refractivity contribution is 5.79. The van der Waals surface area contributed by atoms with E-state index < -0.39 is 0 Å². The Morgan fingerprint density at radius 1 is 1.18 bits per heavy atom. The van der Waals surface area contributed by atoms with Crippen molar-refractivity contribution in [1.29, 1.82) is 0 Å². The van der Waals surface area contributed by atoms with Crippen molar-refractivity contribution < 1.29 is 4.79 Å². The standard InChI is InChI=1S/C10H14O/c1-3-10(4-2)7-5-9(11)6-8-10/h3-4H,1-2,5-8H2. The van der Waals surface area contributed by atoms with Crippen LogP contribution in [0.5, 0.6) is 0 Å². The maximum absolute atomic E-state index is 10.9. The lowest BCUT2D eigenvalue weighted by atomic mass is 9.74. The molecule has 1 nitrogen and oxygen atoms in total. The summed E-state index contributed by atoms with van der Waals surface area (Å²) in [6, 6.07) is 0. The van der Waals surface area contributed by atoms with Crippen LogP contribution in [0.3, 0.4) is 0 Å². The molecule has 1 heteroatoms. The molecule has 0 aromatic rings. The zero-order valence-corrected chi connectivity index (χ0v) is 6.81. The number of ketones is 1. The molecule has 0 aromatic carbocycles. The van der Waals surface area contributed by atoms with Crippen molar-refractivity contribution in [2.75, 3.05) is 0 Å². The summed E-state index contributed by atoms with van der Waals surface area (Å²) < 4.78 is 0. The summed E-state index contributed by atoms with van der Waals surface area (Å²) >= 11 is 0. The zero-order valence-electron chi connectivity index (χ0n) is 6.81. The monoisotopic (exact) mass is 150 g/mol. The Balaban J connectivity index is 2.66. The lowest BCUT2D eigenvalue weighted by molar-refractivity contribution is -0.121. The van der Waals surface area contributed by atoms with Crippen LogP contribution in [0.2, 0.25) is 0 Å². The van der Waals surface area contributed by atoms with Crippen LogP contribution in [0.25, 0.3) is 0 Å². The van der Waals surface area contributed by atoms with Crippen LogP contribution < -0.4 is 0 Å². The quantitative estimate of drug-likeness (QED) is 0.553. The fraction of sp³-hybridized carbons (Fsp3) is 0.500. The van der Waals surface area contributed by atoms with Gasteiger partial charge < -0.3 is 0 Å². The summed E-state index contributed by atoms with van der Waals surface area (Å²) in [4.78, 5) is 10.9. The number of hydrogen-bond donors (Lipinski definition) is 0. The maximum atomic E-state index is 10.9. The molecule has 0 atom stereocenters. The first-order valence-corrected chi connectivity index (χ1v) is 4.01. The Bertz CT molecular complexity index is 171. The van der Waals surface area contributed by atoms with Gasteiger partial charge in [0.05, 0.1) is 0 Å². The van der Waals surface area contributed by atoms with E-state index in [9.17, 15) is 4.79 Å². The average molecular weight is 150 g/mol. The van der Waals surface area contributed by atoms with Crippen molar-refractivity contribution in [1.82, 2.24) is 0 Å². The van der Waals surface area contributed by atoms with Crippen LogP contribution in [0.4, 0.5) is 0 Å². The van der Waals surface area contributed by atoms with Crippen LogP contribution in [0.15, 0.2) is 25.3 Å². The van der Waals surface area contributed by atoms with Gasteiger partial charge >= 0.3 is 0 Å². The van der Waals surface area contributed by atoms with Crippen LogP contribution in [0, 0.1) is 5.41 Å². The van der Waals surface area contributed by atoms with E-state index in [1.165, 1.54) is 0 Å². The molecule has 0 unspecified atom stereocenters. The fourth-order valence-electron chi connectivity index (χ4n) is 1.49. The highest BCUT2D eigenvalue weighted by Crippen LogP contribution is 2.36. The molecule has 1 aliphatic rings. The summed E-state index contributed by atoms with van der Waals surface area (Å²) in [5, 5.41) is 0. The number of carbonyl (C=O) groups excluding carboxylic acids is 1. The molecular formula is C10H14O. The van der Waals surface area contributed by atoms with Crippen LogP contribution >= 0.6 is 0 Å². The third-order valence-corrected chi connectivity index (χ3v) is 2.55.